The molecule has 0 bridgehead atoms. The van der Waals surface area contributed by atoms with E-state index >= 15 is 0 Å². The van der Waals surface area contributed by atoms with Crippen LogP contribution in [0.3, 0.4) is 0 Å². The van der Waals surface area contributed by atoms with Crippen molar-refractivity contribution in [1.29, 1.82) is 0 Å². The lowest BCUT2D eigenvalue weighted by Crippen LogP contribution is -2.15. The average molecular weight is 261 g/mol. The first kappa shape index (κ1) is 12.6. The Morgan fingerprint density at radius 3 is 2.72 bits per heavy atom. The molecule has 92 valence electrons. The van der Waals surface area contributed by atoms with Crippen molar-refractivity contribution in [2.45, 2.75) is 13.3 Å². The number of carbonyl (C=O) groups is 1. The Balaban J connectivity index is 2.03. The van der Waals surface area contributed by atoms with Crippen LogP contribution in [0, 0.1) is 6.92 Å². The van der Waals surface area contributed by atoms with Gasteiger partial charge < -0.3 is 5.32 Å². The molecule has 0 aliphatic rings. The highest BCUT2D eigenvalue weighted by Gasteiger charge is 2.06. The minimum atomic E-state index is -0.0981. The van der Waals surface area contributed by atoms with Crippen molar-refractivity contribution in [3.8, 4) is 0 Å². The summed E-state index contributed by atoms with van der Waals surface area (Å²) in [7, 11) is 0. The first-order chi connectivity index (χ1) is 8.65. The van der Waals surface area contributed by atoms with Crippen LogP contribution < -0.4 is 5.32 Å². The molecule has 1 N–H and O–H groups in total. The number of benzene rings is 1. The van der Waals surface area contributed by atoms with Gasteiger partial charge in [-0.25, -0.2) is 4.98 Å². The van der Waals surface area contributed by atoms with Crippen molar-refractivity contribution in [2.75, 3.05) is 5.32 Å². The van der Waals surface area contributed by atoms with Crippen LogP contribution in [0.4, 0.5) is 5.82 Å². The SMILES string of the molecule is Cc1ccccc1CC(=O)Nc1cccc(Cl)n1. The Morgan fingerprint density at radius 1 is 1.22 bits per heavy atom. The van der Waals surface area contributed by atoms with Crippen LogP contribution in [0.2, 0.25) is 5.15 Å². The summed E-state index contributed by atoms with van der Waals surface area (Å²) in [6.07, 6.45) is 0.334. The van der Waals surface area contributed by atoms with Gasteiger partial charge >= 0.3 is 0 Å². The topological polar surface area (TPSA) is 42.0 Å². The zero-order chi connectivity index (χ0) is 13.0. The van der Waals surface area contributed by atoms with Crippen LogP contribution in [0.25, 0.3) is 0 Å². The highest BCUT2D eigenvalue weighted by Crippen LogP contribution is 2.11. The fourth-order valence-electron chi connectivity index (χ4n) is 1.65. The molecule has 3 nitrogen and oxygen atoms in total. The number of aryl methyl sites for hydroxylation is 1. The van der Waals surface area contributed by atoms with Crippen LogP contribution in [0.5, 0.6) is 0 Å². The lowest BCUT2D eigenvalue weighted by atomic mass is 10.1. The second-order valence-corrected chi connectivity index (χ2v) is 4.38. The zero-order valence-electron chi connectivity index (χ0n) is 9.98. The maximum absolute atomic E-state index is 11.9. The Bertz CT molecular complexity index is 569. The first-order valence-electron chi connectivity index (χ1n) is 5.62. The Kier molecular flexibility index (Phi) is 3.95. The third kappa shape index (κ3) is 3.31. The lowest BCUT2D eigenvalue weighted by Gasteiger charge is -2.06. The van der Waals surface area contributed by atoms with Crippen molar-refractivity contribution >= 4 is 23.3 Å². The number of anilines is 1. The van der Waals surface area contributed by atoms with Crippen LogP contribution >= 0.6 is 11.6 Å². The van der Waals surface area contributed by atoms with Crippen molar-refractivity contribution in [3.05, 3.63) is 58.7 Å². The number of carbonyl (C=O) groups excluding carboxylic acids is 1. The van der Waals surface area contributed by atoms with Crippen LogP contribution in [0.1, 0.15) is 11.1 Å². The van der Waals surface area contributed by atoms with E-state index in [-0.39, 0.29) is 5.91 Å². The van der Waals surface area contributed by atoms with E-state index in [9.17, 15) is 4.79 Å². The van der Waals surface area contributed by atoms with Crippen LogP contribution in [-0.4, -0.2) is 10.9 Å². The molecule has 4 heteroatoms. The van der Waals surface area contributed by atoms with Gasteiger partial charge in [0.1, 0.15) is 11.0 Å². The van der Waals surface area contributed by atoms with E-state index in [2.05, 4.69) is 10.3 Å². The molecule has 2 rings (SSSR count). The number of nitrogens with zero attached hydrogens (tertiary/aromatic N) is 1. The lowest BCUT2D eigenvalue weighted by molar-refractivity contribution is -0.115. The van der Waals surface area contributed by atoms with Crippen molar-refractivity contribution in [2.24, 2.45) is 0 Å². The minimum absolute atomic E-state index is 0.0981. The zero-order valence-corrected chi connectivity index (χ0v) is 10.7. The number of rotatable bonds is 3. The summed E-state index contributed by atoms with van der Waals surface area (Å²) in [4.78, 5) is 15.9. The van der Waals surface area contributed by atoms with E-state index in [1.807, 2.05) is 31.2 Å². The van der Waals surface area contributed by atoms with E-state index in [1.165, 1.54) is 0 Å². The molecular weight excluding hydrogens is 248 g/mol. The van der Waals surface area contributed by atoms with Gasteiger partial charge in [0.15, 0.2) is 0 Å². The molecule has 0 unspecified atom stereocenters. The number of amides is 1. The second kappa shape index (κ2) is 5.65. The number of hydrogen-bond acceptors (Lipinski definition) is 2. The molecule has 0 spiro atoms. The minimum Gasteiger partial charge on any atom is -0.310 e. The largest absolute Gasteiger partial charge is 0.310 e. The van der Waals surface area contributed by atoms with E-state index in [0.29, 0.717) is 17.4 Å². The maximum atomic E-state index is 11.9. The molecule has 2 aromatic rings. The molecule has 0 saturated heterocycles. The molecule has 1 aromatic heterocycles. The van der Waals surface area contributed by atoms with E-state index in [4.69, 9.17) is 11.6 Å². The number of pyridine rings is 1. The summed E-state index contributed by atoms with van der Waals surface area (Å²) >= 11 is 5.75. The Labute approximate surface area is 111 Å². The molecule has 0 aliphatic heterocycles. The van der Waals surface area contributed by atoms with Gasteiger partial charge in [0, 0.05) is 0 Å². The first-order valence-corrected chi connectivity index (χ1v) is 6.00. The summed E-state index contributed by atoms with van der Waals surface area (Å²) in [6.45, 7) is 1.99. The number of hydrogen-bond donors (Lipinski definition) is 1. The number of aromatic nitrogens is 1. The standard InChI is InChI=1S/C14H13ClN2O/c1-10-5-2-3-6-11(10)9-14(18)17-13-8-4-7-12(15)16-13/h2-8H,9H2,1H3,(H,16,17,18). The maximum Gasteiger partial charge on any atom is 0.229 e. The van der Waals surface area contributed by atoms with Gasteiger partial charge in [0.2, 0.25) is 5.91 Å². The quantitative estimate of drug-likeness (QED) is 0.861. The normalized spacial score (nSPS) is 10.1. The molecular formula is C14H13ClN2O. The third-order valence-electron chi connectivity index (χ3n) is 2.59. The number of halogens is 1. The highest BCUT2D eigenvalue weighted by atomic mass is 35.5. The average Bonchev–Trinajstić information content (AvgIpc) is 2.32. The molecule has 1 amide bonds. The summed E-state index contributed by atoms with van der Waals surface area (Å²) in [6, 6.07) is 12.9. The molecule has 0 aliphatic carbocycles. The second-order valence-electron chi connectivity index (χ2n) is 4.00. The van der Waals surface area contributed by atoms with Gasteiger partial charge in [-0.3, -0.25) is 4.79 Å². The molecule has 1 heterocycles. The van der Waals surface area contributed by atoms with Gasteiger partial charge in [-0.15, -0.1) is 0 Å². The summed E-state index contributed by atoms with van der Waals surface area (Å²) in [5, 5.41) is 3.09. The van der Waals surface area contributed by atoms with Gasteiger partial charge in [-0.1, -0.05) is 41.9 Å². The monoisotopic (exact) mass is 260 g/mol. The fourth-order valence-corrected chi connectivity index (χ4v) is 1.81. The fraction of sp³-hybridized carbons (Fsp3) is 0.143. The Morgan fingerprint density at radius 2 is 2.00 bits per heavy atom. The van der Waals surface area contributed by atoms with Crippen molar-refractivity contribution in [3.63, 3.8) is 0 Å². The highest BCUT2D eigenvalue weighted by molar-refractivity contribution is 6.29. The van der Waals surface area contributed by atoms with Crippen molar-refractivity contribution in [1.82, 2.24) is 4.98 Å². The molecule has 0 radical (unpaired) electrons. The Hall–Kier alpha value is -1.87. The predicted octanol–water partition coefficient (Wildman–Crippen LogP) is 3.22. The van der Waals surface area contributed by atoms with Crippen LogP contribution in [0.15, 0.2) is 42.5 Å². The van der Waals surface area contributed by atoms with Gasteiger partial charge in [0.25, 0.3) is 0 Å². The van der Waals surface area contributed by atoms with Gasteiger partial charge in [0.05, 0.1) is 6.42 Å². The summed E-state index contributed by atoms with van der Waals surface area (Å²) < 4.78 is 0. The summed E-state index contributed by atoms with van der Waals surface area (Å²) in [5.74, 6) is 0.375. The smallest absolute Gasteiger partial charge is 0.229 e. The molecule has 1 aromatic carbocycles. The molecule has 0 atom stereocenters. The number of nitrogens with one attached hydrogen (secondary N) is 1. The van der Waals surface area contributed by atoms with Gasteiger partial charge in [-0.2, -0.15) is 0 Å². The third-order valence-corrected chi connectivity index (χ3v) is 2.81. The summed E-state index contributed by atoms with van der Waals surface area (Å²) in [5.41, 5.74) is 2.11. The predicted molar refractivity (Wildman–Crippen MR) is 72.8 cm³/mol. The molecule has 18 heavy (non-hydrogen) atoms. The molecule has 0 fully saturated rings. The van der Waals surface area contributed by atoms with E-state index in [1.54, 1.807) is 18.2 Å². The van der Waals surface area contributed by atoms with Gasteiger partial charge in [-0.05, 0) is 30.2 Å². The van der Waals surface area contributed by atoms with E-state index < -0.39 is 0 Å². The van der Waals surface area contributed by atoms with Crippen molar-refractivity contribution < 1.29 is 4.79 Å². The van der Waals surface area contributed by atoms with Crippen LogP contribution in [-0.2, 0) is 11.2 Å². The van der Waals surface area contributed by atoms with E-state index in [0.717, 1.165) is 11.1 Å². The molecule has 0 saturated carbocycles.